The first-order valence-electron chi connectivity index (χ1n) is 6.29. The standard InChI is InChI=1S/C14H18ClNO3/c1-18-13(19-2)9-16-7-3-4-10-5-6-11(15)8-12(10)14(16)17/h5-6,8,13H,3-4,7,9H2,1-2H3. The molecule has 0 unspecified atom stereocenters. The number of aryl methyl sites for hydroxylation is 1. The van der Waals surface area contributed by atoms with Crippen molar-refractivity contribution in [1.82, 2.24) is 4.90 Å². The van der Waals surface area contributed by atoms with Crippen LogP contribution in [0.2, 0.25) is 5.02 Å². The molecule has 5 heteroatoms. The molecule has 0 fully saturated rings. The number of hydrogen-bond donors (Lipinski definition) is 0. The number of carbonyl (C=O) groups is 1. The number of hydrogen-bond acceptors (Lipinski definition) is 3. The second-order valence-electron chi connectivity index (χ2n) is 4.56. The lowest BCUT2D eigenvalue weighted by Crippen LogP contribution is -2.39. The van der Waals surface area contributed by atoms with E-state index in [9.17, 15) is 4.79 Å². The zero-order valence-electron chi connectivity index (χ0n) is 11.2. The Balaban J connectivity index is 2.22. The van der Waals surface area contributed by atoms with Crippen LogP contribution in [0.25, 0.3) is 0 Å². The Kier molecular flexibility index (Phi) is 4.80. The van der Waals surface area contributed by atoms with Crippen LogP contribution in [0.4, 0.5) is 0 Å². The van der Waals surface area contributed by atoms with Crippen molar-refractivity contribution in [2.75, 3.05) is 27.3 Å². The first-order valence-corrected chi connectivity index (χ1v) is 6.66. The van der Waals surface area contributed by atoms with E-state index in [1.165, 1.54) is 0 Å². The molecule has 1 aliphatic rings. The zero-order valence-corrected chi connectivity index (χ0v) is 11.9. The van der Waals surface area contributed by atoms with Crippen LogP contribution in [-0.2, 0) is 15.9 Å². The minimum absolute atomic E-state index is 0.00546. The fourth-order valence-corrected chi connectivity index (χ4v) is 2.47. The highest BCUT2D eigenvalue weighted by molar-refractivity contribution is 6.31. The molecule has 0 aromatic heterocycles. The van der Waals surface area contributed by atoms with Gasteiger partial charge in [0.15, 0.2) is 6.29 Å². The second kappa shape index (κ2) is 6.37. The number of nitrogens with zero attached hydrogens (tertiary/aromatic N) is 1. The molecule has 1 aromatic carbocycles. The topological polar surface area (TPSA) is 38.8 Å². The lowest BCUT2D eigenvalue weighted by Gasteiger charge is -2.25. The summed E-state index contributed by atoms with van der Waals surface area (Å²) in [7, 11) is 3.14. The molecule has 0 N–H and O–H groups in total. The van der Waals surface area contributed by atoms with Gasteiger partial charge >= 0.3 is 0 Å². The van der Waals surface area contributed by atoms with Crippen molar-refractivity contribution in [3.8, 4) is 0 Å². The van der Waals surface area contributed by atoms with E-state index in [0.717, 1.165) is 18.4 Å². The lowest BCUT2D eigenvalue weighted by atomic mass is 10.0. The molecule has 19 heavy (non-hydrogen) atoms. The maximum absolute atomic E-state index is 12.5. The number of halogens is 1. The monoisotopic (exact) mass is 283 g/mol. The number of rotatable bonds is 4. The molecule has 1 aliphatic heterocycles. The SMILES string of the molecule is COC(CN1CCCc2ccc(Cl)cc2C1=O)OC. The molecule has 0 saturated carbocycles. The van der Waals surface area contributed by atoms with Crippen LogP contribution in [0.3, 0.4) is 0 Å². The normalized spacial score (nSPS) is 15.6. The van der Waals surface area contributed by atoms with Gasteiger partial charge in [0.05, 0.1) is 6.54 Å². The molecule has 4 nitrogen and oxygen atoms in total. The Bertz CT molecular complexity index is 460. The maximum Gasteiger partial charge on any atom is 0.254 e. The molecular weight excluding hydrogens is 266 g/mol. The average molecular weight is 284 g/mol. The summed E-state index contributed by atoms with van der Waals surface area (Å²) in [4.78, 5) is 14.3. The zero-order chi connectivity index (χ0) is 13.8. The van der Waals surface area contributed by atoms with Gasteiger partial charge in [0.25, 0.3) is 5.91 Å². The van der Waals surface area contributed by atoms with E-state index in [0.29, 0.717) is 23.7 Å². The summed E-state index contributed by atoms with van der Waals surface area (Å²) in [6.45, 7) is 1.13. The minimum atomic E-state index is -0.398. The highest BCUT2D eigenvalue weighted by atomic mass is 35.5. The molecular formula is C14H18ClNO3. The Morgan fingerprint density at radius 1 is 1.37 bits per heavy atom. The number of amides is 1. The fraction of sp³-hybridized carbons (Fsp3) is 0.500. The molecule has 0 saturated heterocycles. The number of fused-ring (bicyclic) bond motifs is 1. The molecule has 0 spiro atoms. The van der Waals surface area contributed by atoms with E-state index < -0.39 is 6.29 Å². The van der Waals surface area contributed by atoms with Crippen molar-refractivity contribution < 1.29 is 14.3 Å². The van der Waals surface area contributed by atoms with Crippen LogP contribution < -0.4 is 0 Å². The maximum atomic E-state index is 12.5. The van der Waals surface area contributed by atoms with Gasteiger partial charge in [0.1, 0.15) is 0 Å². The molecule has 0 atom stereocenters. The fourth-order valence-electron chi connectivity index (χ4n) is 2.30. The van der Waals surface area contributed by atoms with Gasteiger partial charge in [-0.2, -0.15) is 0 Å². The molecule has 0 radical (unpaired) electrons. The van der Waals surface area contributed by atoms with Gasteiger partial charge in [-0.05, 0) is 30.5 Å². The van der Waals surface area contributed by atoms with Crippen LogP contribution in [0.1, 0.15) is 22.3 Å². The van der Waals surface area contributed by atoms with Gasteiger partial charge in [0, 0.05) is 31.4 Å². The minimum Gasteiger partial charge on any atom is -0.354 e. The molecule has 1 heterocycles. The van der Waals surface area contributed by atoms with Crippen molar-refractivity contribution in [3.63, 3.8) is 0 Å². The average Bonchev–Trinajstić information content (AvgIpc) is 2.57. The third-order valence-electron chi connectivity index (χ3n) is 3.36. The van der Waals surface area contributed by atoms with E-state index in [1.54, 1.807) is 25.2 Å². The third kappa shape index (κ3) is 3.26. The molecule has 1 aromatic rings. The summed E-state index contributed by atoms with van der Waals surface area (Å²) in [5.74, 6) is -0.00546. The van der Waals surface area contributed by atoms with Gasteiger partial charge in [-0.3, -0.25) is 4.79 Å². The highest BCUT2D eigenvalue weighted by Crippen LogP contribution is 2.22. The van der Waals surface area contributed by atoms with Crippen LogP contribution in [0.15, 0.2) is 18.2 Å². The molecule has 104 valence electrons. The largest absolute Gasteiger partial charge is 0.354 e. The van der Waals surface area contributed by atoms with Gasteiger partial charge in [0.2, 0.25) is 0 Å². The van der Waals surface area contributed by atoms with Crippen LogP contribution in [-0.4, -0.2) is 44.4 Å². The third-order valence-corrected chi connectivity index (χ3v) is 3.59. The summed E-state index contributed by atoms with van der Waals surface area (Å²) in [6, 6.07) is 5.51. The van der Waals surface area contributed by atoms with Crippen molar-refractivity contribution >= 4 is 17.5 Å². The van der Waals surface area contributed by atoms with Crippen LogP contribution in [0, 0.1) is 0 Å². The van der Waals surface area contributed by atoms with Crippen LogP contribution in [0.5, 0.6) is 0 Å². The molecule has 2 rings (SSSR count). The number of benzene rings is 1. The summed E-state index contributed by atoms with van der Waals surface area (Å²) in [5, 5.41) is 0.587. The Morgan fingerprint density at radius 3 is 2.79 bits per heavy atom. The summed E-state index contributed by atoms with van der Waals surface area (Å²) in [6.07, 6.45) is 1.42. The van der Waals surface area contributed by atoms with Gasteiger partial charge in [-0.25, -0.2) is 0 Å². The van der Waals surface area contributed by atoms with E-state index in [1.807, 2.05) is 12.1 Å². The van der Waals surface area contributed by atoms with Gasteiger partial charge in [-0.15, -0.1) is 0 Å². The predicted molar refractivity (Wildman–Crippen MR) is 73.5 cm³/mol. The number of methoxy groups -OCH3 is 2. The van der Waals surface area contributed by atoms with Crippen molar-refractivity contribution in [2.24, 2.45) is 0 Å². The Labute approximate surface area is 118 Å². The number of carbonyl (C=O) groups excluding carboxylic acids is 1. The van der Waals surface area contributed by atoms with Crippen molar-refractivity contribution in [3.05, 3.63) is 34.3 Å². The lowest BCUT2D eigenvalue weighted by molar-refractivity contribution is -0.112. The van der Waals surface area contributed by atoms with Gasteiger partial charge < -0.3 is 14.4 Å². The summed E-state index contributed by atoms with van der Waals surface area (Å²) in [5.41, 5.74) is 1.75. The van der Waals surface area contributed by atoms with E-state index in [2.05, 4.69) is 0 Å². The van der Waals surface area contributed by atoms with E-state index >= 15 is 0 Å². The smallest absolute Gasteiger partial charge is 0.254 e. The molecule has 0 bridgehead atoms. The molecule has 0 aliphatic carbocycles. The van der Waals surface area contributed by atoms with E-state index in [4.69, 9.17) is 21.1 Å². The quantitative estimate of drug-likeness (QED) is 0.796. The second-order valence-corrected chi connectivity index (χ2v) is 4.99. The van der Waals surface area contributed by atoms with Crippen molar-refractivity contribution in [1.29, 1.82) is 0 Å². The highest BCUT2D eigenvalue weighted by Gasteiger charge is 2.24. The predicted octanol–water partition coefficient (Wildman–Crippen LogP) is 2.35. The Hall–Kier alpha value is -1.10. The summed E-state index contributed by atoms with van der Waals surface area (Å²) < 4.78 is 10.3. The Morgan fingerprint density at radius 2 is 2.11 bits per heavy atom. The molecule has 1 amide bonds. The summed E-state index contributed by atoms with van der Waals surface area (Å²) >= 11 is 5.98. The van der Waals surface area contributed by atoms with Crippen LogP contribution >= 0.6 is 11.6 Å². The first-order chi connectivity index (χ1) is 9.15. The first kappa shape index (κ1) is 14.3. The van der Waals surface area contributed by atoms with Gasteiger partial charge in [-0.1, -0.05) is 17.7 Å². The van der Waals surface area contributed by atoms with E-state index in [-0.39, 0.29) is 5.91 Å². The van der Waals surface area contributed by atoms with Crippen molar-refractivity contribution in [2.45, 2.75) is 19.1 Å². The number of ether oxygens (including phenoxy) is 2.